The summed E-state index contributed by atoms with van der Waals surface area (Å²) in [5.41, 5.74) is 0.989. The molecule has 1 aliphatic heterocycles. The van der Waals surface area contributed by atoms with E-state index < -0.39 is 0 Å². The molecule has 0 bridgehead atoms. The van der Waals surface area contributed by atoms with E-state index >= 15 is 0 Å². The highest BCUT2D eigenvalue weighted by molar-refractivity contribution is 5.43. The maximum atomic E-state index is 5.87. The molecule has 1 aromatic heterocycles. The molecule has 110 valence electrons. The third kappa shape index (κ3) is 3.20. The first-order valence-corrected chi connectivity index (χ1v) is 7.74. The van der Waals surface area contributed by atoms with Crippen molar-refractivity contribution in [2.24, 2.45) is 5.92 Å². The number of rotatable bonds is 6. The third-order valence-electron chi connectivity index (χ3n) is 3.94. The highest BCUT2D eigenvalue weighted by Gasteiger charge is 2.40. The Morgan fingerprint density at radius 2 is 2.15 bits per heavy atom. The maximum Gasteiger partial charge on any atom is 0.224 e. The van der Waals surface area contributed by atoms with Gasteiger partial charge in [0.2, 0.25) is 5.95 Å². The molecule has 1 aliphatic carbocycles. The van der Waals surface area contributed by atoms with Crippen molar-refractivity contribution in [2.45, 2.75) is 51.7 Å². The Morgan fingerprint density at radius 3 is 2.90 bits per heavy atom. The summed E-state index contributed by atoms with van der Waals surface area (Å²) in [5, 5.41) is 6.81. The third-order valence-corrected chi connectivity index (χ3v) is 3.94. The Labute approximate surface area is 120 Å². The first kappa shape index (κ1) is 13.6. The molecule has 2 aliphatic rings. The Morgan fingerprint density at radius 1 is 1.30 bits per heavy atom. The van der Waals surface area contributed by atoms with Crippen LogP contribution >= 0.6 is 0 Å². The lowest BCUT2D eigenvalue weighted by molar-refractivity contribution is 0.0898. The molecular formula is C15H24N4O. The molecule has 5 nitrogen and oxygen atoms in total. The van der Waals surface area contributed by atoms with Crippen LogP contribution in [0.1, 0.15) is 38.3 Å². The van der Waals surface area contributed by atoms with E-state index in [1.54, 1.807) is 0 Å². The number of hydrogen-bond acceptors (Lipinski definition) is 5. The summed E-state index contributed by atoms with van der Waals surface area (Å²) in [6.45, 7) is 5.91. The minimum Gasteiger partial charge on any atom is -0.376 e. The lowest BCUT2D eigenvalue weighted by atomic mass is 10.1. The van der Waals surface area contributed by atoms with Crippen LogP contribution in [-0.4, -0.2) is 35.3 Å². The molecule has 3 rings (SSSR count). The maximum absolute atomic E-state index is 5.87. The average molecular weight is 276 g/mol. The number of nitrogens with zero attached hydrogens (tertiary/aromatic N) is 2. The predicted octanol–water partition coefficient (Wildman–Crippen LogP) is 2.59. The molecule has 0 aromatic carbocycles. The van der Waals surface area contributed by atoms with Crippen LogP contribution in [0.3, 0.4) is 0 Å². The zero-order valence-corrected chi connectivity index (χ0v) is 12.4. The largest absolute Gasteiger partial charge is 0.376 e. The van der Waals surface area contributed by atoms with Crippen LogP contribution < -0.4 is 10.6 Å². The highest BCUT2D eigenvalue weighted by Crippen LogP contribution is 2.39. The van der Waals surface area contributed by atoms with Gasteiger partial charge in [0.15, 0.2) is 0 Å². The fraction of sp³-hybridized carbons (Fsp3) is 0.733. The van der Waals surface area contributed by atoms with Crippen LogP contribution in [0.15, 0.2) is 6.07 Å². The van der Waals surface area contributed by atoms with E-state index in [1.807, 2.05) is 13.0 Å². The Kier molecular flexibility index (Phi) is 4.05. The Bertz CT molecular complexity index is 461. The van der Waals surface area contributed by atoms with Gasteiger partial charge in [0.05, 0.1) is 12.1 Å². The van der Waals surface area contributed by atoms with Gasteiger partial charge in [0.25, 0.3) is 0 Å². The van der Waals surface area contributed by atoms with E-state index in [0.717, 1.165) is 49.4 Å². The van der Waals surface area contributed by atoms with Gasteiger partial charge in [0.1, 0.15) is 5.82 Å². The fourth-order valence-electron chi connectivity index (χ4n) is 2.80. The molecule has 0 amide bonds. The van der Waals surface area contributed by atoms with Crippen molar-refractivity contribution >= 4 is 11.8 Å². The molecule has 2 N–H and O–H groups in total. The van der Waals surface area contributed by atoms with Crippen molar-refractivity contribution in [2.75, 3.05) is 23.8 Å². The summed E-state index contributed by atoms with van der Waals surface area (Å²) >= 11 is 0. The van der Waals surface area contributed by atoms with Gasteiger partial charge in [0, 0.05) is 24.9 Å². The first-order valence-electron chi connectivity index (χ1n) is 7.74. The second-order valence-electron chi connectivity index (χ2n) is 5.86. The van der Waals surface area contributed by atoms with E-state index in [2.05, 4.69) is 27.5 Å². The molecule has 1 saturated carbocycles. The quantitative estimate of drug-likeness (QED) is 0.836. The zero-order chi connectivity index (χ0) is 13.9. The van der Waals surface area contributed by atoms with E-state index in [1.165, 1.54) is 12.8 Å². The van der Waals surface area contributed by atoms with E-state index in [0.29, 0.717) is 12.1 Å². The molecule has 20 heavy (non-hydrogen) atoms. The van der Waals surface area contributed by atoms with Crippen molar-refractivity contribution in [1.82, 2.24) is 9.97 Å². The summed E-state index contributed by atoms with van der Waals surface area (Å²) in [7, 11) is 0. The molecule has 0 radical (unpaired) electrons. The lowest BCUT2D eigenvalue weighted by Crippen LogP contribution is -2.31. The van der Waals surface area contributed by atoms with Crippen molar-refractivity contribution < 1.29 is 4.74 Å². The van der Waals surface area contributed by atoms with Gasteiger partial charge < -0.3 is 15.4 Å². The topological polar surface area (TPSA) is 59.1 Å². The van der Waals surface area contributed by atoms with E-state index in [9.17, 15) is 0 Å². The molecule has 2 fully saturated rings. The molecule has 5 heteroatoms. The molecule has 1 saturated heterocycles. The van der Waals surface area contributed by atoms with Gasteiger partial charge in [-0.15, -0.1) is 0 Å². The van der Waals surface area contributed by atoms with Crippen LogP contribution in [0.25, 0.3) is 0 Å². The van der Waals surface area contributed by atoms with Gasteiger partial charge in [-0.25, -0.2) is 4.98 Å². The van der Waals surface area contributed by atoms with Crippen LogP contribution in [0.4, 0.5) is 11.8 Å². The van der Waals surface area contributed by atoms with Gasteiger partial charge >= 0.3 is 0 Å². The number of ether oxygens (including phenoxy) is 1. The van der Waals surface area contributed by atoms with E-state index in [4.69, 9.17) is 4.74 Å². The van der Waals surface area contributed by atoms with Crippen molar-refractivity contribution in [1.29, 1.82) is 0 Å². The number of nitrogens with one attached hydrogen (secondary N) is 2. The van der Waals surface area contributed by atoms with Crippen molar-refractivity contribution in [3.05, 3.63) is 11.8 Å². The minimum absolute atomic E-state index is 0.373. The zero-order valence-electron chi connectivity index (χ0n) is 12.4. The molecular weight excluding hydrogens is 252 g/mol. The number of aromatic nitrogens is 2. The van der Waals surface area contributed by atoms with Crippen LogP contribution in [0.2, 0.25) is 0 Å². The fourth-order valence-corrected chi connectivity index (χ4v) is 2.80. The van der Waals surface area contributed by atoms with Crippen LogP contribution in [0, 0.1) is 12.8 Å². The molecule has 2 atom stereocenters. The standard InChI is InChI=1S/C15H24N4O/c1-3-7-16-15-17-10(2)9-13(19-15)18-12-6-8-20-14(12)11-4-5-11/h9,11-12,14H,3-8H2,1-2H3,(H2,16,17,18,19). The van der Waals surface area contributed by atoms with E-state index in [-0.39, 0.29) is 0 Å². The summed E-state index contributed by atoms with van der Waals surface area (Å²) in [6.07, 6.45) is 5.14. The summed E-state index contributed by atoms with van der Waals surface area (Å²) in [5.74, 6) is 2.39. The SMILES string of the molecule is CCCNc1nc(C)cc(NC2CCOC2C2CC2)n1. The Hall–Kier alpha value is -1.36. The van der Waals surface area contributed by atoms with Crippen molar-refractivity contribution in [3.8, 4) is 0 Å². The first-order chi connectivity index (χ1) is 9.76. The van der Waals surface area contributed by atoms with Gasteiger partial charge in [-0.2, -0.15) is 4.98 Å². The normalized spacial score (nSPS) is 25.7. The molecule has 0 spiro atoms. The van der Waals surface area contributed by atoms with Gasteiger partial charge in [-0.05, 0) is 38.5 Å². The second-order valence-corrected chi connectivity index (χ2v) is 5.86. The summed E-state index contributed by atoms with van der Waals surface area (Å²) in [6, 6.07) is 2.41. The Balaban J connectivity index is 1.68. The van der Waals surface area contributed by atoms with Gasteiger partial charge in [-0.3, -0.25) is 0 Å². The molecule has 1 aromatic rings. The summed E-state index contributed by atoms with van der Waals surface area (Å²) < 4.78 is 5.87. The summed E-state index contributed by atoms with van der Waals surface area (Å²) in [4.78, 5) is 8.98. The monoisotopic (exact) mass is 276 g/mol. The van der Waals surface area contributed by atoms with Crippen molar-refractivity contribution in [3.63, 3.8) is 0 Å². The number of aryl methyl sites for hydroxylation is 1. The second kappa shape index (κ2) is 5.95. The predicted molar refractivity (Wildman–Crippen MR) is 80.0 cm³/mol. The van der Waals surface area contributed by atoms with Gasteiger partial charge in [-0.1, -0.05) is 6.92 Å². The molecule has 2 unspecified atom stereocenters. The number of anilines is 2. The van der Waals surface area contributed by atoms with Crippen LogP contribution in [-0.2, 0) is 4.74 Å². The minimum atomic E-state index is 0.373. The lowest BCUT2D eigenvalue weighted by Gasteiger charge is -2.20. The highest BCUT2D eigenvalue weighted by atomic mass is 16.5. The molecule has 2 heterocycles. The van der Waals surface area contributed by atoms with Crippen LogP contribution in [0.5, 0.6) is 0 Å². The smallest absolute Gasteiger partial charge is 0.224 e. The average Bonchev–Trinajstić information content (AvgIpc) is 3.17. The number of hydrogen-bond donors (Lipinski definition) is 2.